The van der Waals surface area contributed by atoms with E-state index in [1.807, 2.05) is 0 Å². The summed E-state index contributed by atoms with van der Waals surface area (Å²) < 4.78 is 64.9. The summed E-state index contributed by atoms with van der Waals surface area (Å²) >= 11 is 0. The van der Waals surface area contributed by atoms with Gasteiger partial charge in [0.2, 0.25) is 0 Å². The van der Waals surface area contributed by atoms with Gasteiger partial charge in [-0.25, -0.2) is 0 Å². The quantitative estimate of drug-likeness (QED) is 0.248. The summed E-state index contributed by atoms with van der Waals surface area (Å²) in [5.74, 6) is 0. The fourth-order valence-corrected chi connectivity index (χ4v) is 1.47. The van der Waals surface area contributed by atoms with Crippen LogP contribution < -0.4 is 29.4 Å². The number of hydrogen-bond acceptors (Lipinski definition) is 15. The van der Waals surface area contributed by atoms with Gasteiger partial charge in [-0.15, -0.1) is 0 Å². The Morgan fingerprint density at radius 2 is 0.478 bits per heavy atom. The van der Waals surface area contributed by atoms with Gasteiger partial charge in [-0.1, -0.05) is 0 Å². The molecule has 0 aliphatic carbocycles. The Bertz CT molecular complexity index is 318. The molecule has 23 heavy (non-hydrogen) atoms. The molecule has 0 N–H and O–H groups in total. The van der Waals surface area contributed by atoms with Crippen LogP contribution >= 0.6 is 49.5 Å². The molecule has 0 aliphatic heterocycles. The third kappa shape index (κ3) is 58.8. The van der Waals surface area contributed by atoms with Gasteiger partial charge in [-0.05, 0) is 27.4 Å². The van der Waals surface area contributed by atoms with Crippen LogP contribution in [0.2, 0.25) is 0 Å². The van der Waals surface area contributed by atoms with Crippen LogP contribution in [0.15, 0.2) is 0 Å². The molecule has 0 aromatic carbocycles. The summed E-state index contributed by atoms with van der Waals surface area (Å²) in [7, 11) is -19.4. The molecule has 6 atom stereocenters. The van der Waals surface area contributed by atoms with Crippen molar-refractivity contribution in [1.82, 2.24) is 0 Å². The first-order valence-electron chi connectivity index (χ1n) is 3.29. The topological polar surface area (TPSA) is 268 Å². The minimum atomic E-state index is -3.24. The first-order valence-corrected chi connectivity index (χ1v) is 9.86. The zero-order valence-corrected chi connectivity index (χ0v) is 19.4. The van der Waals surface area contributed by atoms with Crippen molar-refractivity contribution in [2.75, 3.05) is 0 Å². The Labute approximate surface area is 196 Å². The van der Waals surface area contributed by atoms with Crippen LogP contribution in [0.5, 0.6) is 0 Å². The van der Waals surface area contributed by atoms with E-state index in [0.717, 1.165) is 0 Å². The summed E-state index contributed by atoms with van der Waals surface area (Å²) in [5.41, 5.74) is 0. The molecule has 6 unspecified atom stereocenters. The Kier molecular flexibility index (Phi) is 39.8. The largest absolute Gasteiger partial charge is 3.00 e. The van der Waals surface area contributed by atoms with E-state index in [1.165, 1.54) is 0 Å². The molecule has 2 radical (unpaired) electrons. The van der Waals surface area contributed by atoms with Crippen LogP contribution in [0, 0.1) is 79.9 Å². The van der Waals surface area contributed by atoms with Crippen LogP contribution in [-0.2, 0) is 40.3 Å². The fourth-order valence-electron chi connectivity index (χ4n) is 0.163. The van der Waals surface area contributed by atoms with E-state index in [1.54, 1.807) is 0 Å². The van der Waals surface area contributed by atoms with Gasteiger partial charge in [-0.3, -0.25) is 0 Å². The zero-order chi connectivity index (χ0) is 17.6. The standard InChI is InChI=1S/2Gd.3O5P2/c;;3*1-6(2)5-7(3)4/q2*+3;;;. The maximum atomic E-state index is 9.24. The first kappa shape index (κ1) is 36.8. The van der Waals surface area contributed by atoms with E-state index in [0.29, 0.717) is 0 Å². The summed E-state index contributed by atoms with van der Waals surface area (Å²) in [6.07, 6.45) is 0. The summed E-state index contributed by atoms with van der Waals surface area (Å²) in [5, 5.41) is 0. The van der Waals surface area contributed by atoms with Crippen LogP contribution in [0.1, 0.15) is 0 Å². The number of hydrogen-bond donors (Lipinski definition) is 0. The van der Waals surface area contributed by atoms with E-state index >= 15 is 0 Å². The molecule has 0 fully saturated rings. The van der Waals surface area contributed by atoms with Crippen molar-refractivity contribution in [2.45, 2.75) is 0 Å². The smallest absolute Gasteiger partial charge is 0.563 e. The van der Waals surface area contributed by atoms with Crippen LogP contribution in [-0.4, -0.2) is 0 Å². The van der Waals surface area contributed by atoms with Crippen LogP contribution in [0.25, 0.3) is 0 Å². The second kappa shape index (κ2) is 24.9. The number of rotatable bonds is 6. The van der Waals surface area contributed by atoms with Gasteiger partial charge in [0, 0.05) is 0 Å². The molecule has 0 spiro atoms. The van der Waals surface area contributed by atoms with Gasteiger partial charge in [-0.2, -0.15) is 0 Å². The van der Waals surface area contributed by atoms with E-state index < -0.39 is 49.5 Å². The van der Waals surface area contributed by atoms with Crippen molar-refractivity contribution in [3.63, 3.8) is 0 Å². The predicted octanol–water partition coefficient (Wildman–Crippen LogP) is -2.88. The molecule has 23 heteroatoms. The summed E-state index contributed by atoms with van der Waals surface area (Å²) in [6.45, 7) is 0. The monoisotopic (exact) mass is 742 g/mol. The Morgan fingerprint density at radius 3 is 0.478 bits per heavy atom. The first-order chi connectivity index (χ1) is 9.38. The maximum absolute atomic E-state index is 9.24. The molecule has 0 amide bonds. The van der Waals surface area contributed by atoms with Crippen molar-refractivity contribution in [2.24, 2.45) is 0 Å². The minimum absolute atomic E-state index is 0. The molecule has 0 bridgehead atoms. The zero-order valence-electron chi connectivity index (χ0n) is 9.51. The fraction of sp³-hybridized carbons (Fsp3) is 0. The second-order valence-electron chi connectivity index (χ2n) is 1.59. The van der Waals surface area contributed by atoms with Gasteiger partial charge < -0.3 is 29.4 Å². The molecule has 0 saturated heterocycles. The normalized spacial score (nSPS) is 12.3. The summed E-state index contributed by atoms with van der Waals surface area (Å²) in [6, 6.07) is 0. The van der Waals surface area contributed by atoms with E-state index in [4.69, 9.17) is 0 Å². The van der Waals surface area contributed by atoms with Crippen molar-refractivity contribution in [3.8, 4) is 0 Å². The van der Waals surface area contributed by atoms with Gasteiger partial charge >= 0.3 is 129 Å². The minimum Gasteiger partial charge on any atom is -0.563 e. The molecule has 0 aliphatic rings. The Morgan fingerprint density at radius 1 is 0.391 bits per heavy atom. The molecule has 15 nitrogen and oxygen atoms in total. The van der Waals surface area contributed by atoms with Crippen molar-refractivity contribution < 1.29 is 150 Å². The van der Waals surface area contributed by atoms with E-state index in [2.05, 4.69) is 12.9 Å². The molecular formula is Gd2O15P6+6. The van der Waals surface area contributed by atoms with E-state index in [-0.39, 0.29) is 79.9 Å². The van der Waals surface area contributed by atoms with Crippen molar-refractivity contribution in [3.05, 3.63) is 0 Å². The van der Waals surface area contributed by atoms with Crippen LogP contribution in [0.4, 0.5) is 0 Å². The molecule has 0 heterocycles. The molecule has 130 valence electrons. The molecule has 0 aromatic heterocycles. The molecular weight excluding hydrogens is 740 g/mol. The second-order valence-corrected chi connectivity index (χ2v) is 6.23. The van der Waals surface area contributed by atoms with Crippen molar-refractivity contribution in [1.29, 1.82) is 0 Å². The Hall–Kier alpha value is 2.89. The average molecular weight is 740 g/mol. The van der Waals surface area contributed by atoms with Crippen LogP contribution in [0.3, 0.4) is 0 Å². The molecule has 0 aromatic rings. The van der Waals surface area contributed by atoms with Gasteiger partial charge in [0.1, 0.15) is 12.9 Å². The van der Waals surface area contributed by atoms with Gasteiger partial charge in [0.05, 0.1) is 0 Å². The predicted molar refractivity (Wildman–Crippen MR) is 48.9 cm³/mol. The average Bonchev–Trinajstić information content (AvgIpc) is 2.10. The van der Waals surface area contributed by atoms with Crippen molar-refractivity contribution >= 4 is 49.5 Å². The van der Waals surface area contributed by atoms with Gasteiger partial charge in [0.15, 0.2) is 0 Å². The van der Waals surface area contributed by atoms with Gasteiger partial charge in [0.25, 0.3) is 0 Å². The van der Waals surface area contributed by atoms with E-state index in [9.17, 15) is 56.8 Å². The SMILES string of the molecule is O=[P+]([O-])O[P+](=O)[O-].O=[P+]([O-])O[P+](=O)[O-].O=[P+]([O-])O[P+](=O)[O-].[Gd+3].[Gd+3]. The molecule has 0 saturated carbocycles. The summed E-state index contributed by atoms with van der Waals surface area (Å²) in [4.78, 5) is 55.4. The third-order valence-corrected chi connectivity index (χ3v) is 3.60. The Balaban J connectivity index is -0.0000000675. The molecule has 0 rings (SSSR count). The third-order valence-electron chi connectivity index (χ3n) is 0.400. The maximum Gasteiger partial charge on any atom is 3.00 e.